The Morgan fingerprint density at radius 3 is 2.13 bits per heavy atom. The average molecular weight is 310 g/mol. The normalized spacial score (nSPS) is 13.7. The van der Waals surface area contributed by atoms with Crippen molar-refractivity contribution in [3.63, 3.8) is 0 Å². The Kier molecular flexibility index (Phi) is 4.52. The summed E-state index contributed by atoms with van der Waals surface area (Å²) >= 11 is 0. The highest BCUT2D eigenvalue weighted by atomic mass is 16.4. The van der Waals surface area contributed by atoms with Crippen molar-refractivity contribution in [2.75, 3.05) is 6.61 Å². The quantitative estimate of drug-likeness (QED) is 0.673. The van der Waals surface area contributed by atoms with Crippen molar-refractivity contribution in [3.05, 3.63) is 72.4 Å². The van der Waals surface area contributed by atoms with Crippen LogP contribution in [0.5, 0.6) is 0 Å². The Hall–Kier alpha value is -2.47. The molecule has 3 rings (SSSR count). The van der Waals surface area contributed by atoms with E-state index in [4.69, 9.17) is 5.11 Å². The van der Waals surface area contributed by atoms with Crippen molar-refractivity contribution < 1.29 is 15.3 Å². The van der Waals surface area contributed by atoms with Crippen LogP contribution < -0.4 is 0 Å². The molecule has 118 valence electrons. The molecule has 3 N–H and O–H groups in total. The molecule has 3 aromatic rings. The molecule has 0 radical (unpaired) electrons. The Labute approximate surface area is 134 Å². The first-order valence-corrected chi connectivity index (χ1v) is 7.38. The lowest BCUT2D eigenvalue weighted by atomic mass is 10.0. The van der Waals surface area contributed by atoms with E-state index in [0.717, 1.165) is 11.3 Å². The van der Waals surface area contributed by atoms with Crippen molar-refractivity contribution in [1.29, 1.82) is 0 Å². The van der Waals surface area contributed by atoms with Gasteiger partial charge in [0.1, 0.15) is 12.2 Å². The first-order chi connectivity index (χ1) is 11.2. The fraction of sp³-hybridized carbons (Fsp3) is 0.167. The number of para-hydroxylation sites is 1. The summed E-state index contributed by atoms with van der Waals surface area (Å²) in [6.07, 6.45) is -0.792. The minimum absolute atomic E-state index is 0.474. The number of benzene rings is 2. The lowest BCUT2D eigenvalue weighted by Gasteiger charge is -2.15. The van der Waals surface area contributed by atoms with Gasteiger partial charge in [-0.3, -0.25) is 0 Å². The van der Waals surface area contributed by atoms with Crippen molar-refractivity contribution in [2.24, 2.45) is 0 Å². The van der Waals surface area contributed by atoms with E-state index in [1.165, 1.54) is 0 Å². The molecule has 0 amide bonds. The average Bonchev–Trinajstić information content (AvgIpc) is 3.07. The number of aliphatic hydroxyl groups is 3. The van der Waals surface area contributed by atoms with Gasteiger partial charge in [-0.1, -0.05) is 48.5 Å². The van der Waals surface area contributed by atoms with E-state index < -0.39 is 18.8 Å². The topological polar surface area (TPSA) is 78.5 Å². The number of hydrogen-bond donors (Lipinski definition) is 3. The van der Waals surface area contributed by atoms with Crippen LogP contribution in [0.4, 0.5) is 0 Å². The van der Waals surface area contributed by atoms with Crippen LogP contribution in [0.25, 0.3) is 16.9 Å². The van der Waals surface area contributed by atoms with Gasteiger partial charge in [-0.05, 0) is 12.1 Å². The summed E-state index contributed by atoms with van der Waals surface area (Å²) < 4.78 is 1.66. The fourth-order valence-electron chi connectivity index (χ4n) is 2.44. The first kappa shape index (κ1) is 15.4. The number of rotatable bonds is 5. The molecule has 5 heteroatoms. The Morgan fingerprint density at radius 2 is 1.52 bits per heavy atom. The minimum atomic E-state index is -1.26. The van der Waals surface area contributed by atoms with E-state index in [-0.39, 0.29) is 0 Å². The summed E-state index contributed by atoms with van der Waals surface area (Å²) in [6, 6.07) is 19.0. The molecule has 0 saturated heterocycles. The predicted octanol–water partition coefficient (Wildman–Crippen LogP) is 1.93. The SMILES string of the molecule is OCC(O)C(O)c1cn(-c2ccccc2)nc1-c1ccccc1. The van der Waals surface area contributed by atoms with Crippen molar-refractivity contribution in [1.82, 2.24) is 9.78 Å². The van der Waals surface area contributed by atoms with Gasteiger partial charge < -0.3 is 15.3 Å². The van der Waals surface area contributed by atoms with Gasteiger partial charge in [0.15, 0.2) is 0 Å². The predicted molar refractivity (Wildman–Crippen MR) is 87.1 cm³/mol. The van der Waals surface area contributed by atoms with Crippen molar-refractivity contribution >= 4 is 0 Å². The van der Waals surface area contributed by atoms with Crippen LogP contribution >= 0.6 is 0 Å². The third-order valence-corrected chi connectivity index (χ3v) is 3.68. The summed E-state index contributed by atoms with van der Waals surface area (Å²) in [5, 5.41) is 33.8. The minimum Gasteiger partial charge on any atom is -0.394 e. The number of nitrogens with zero attached hydrogens (tertiary/aromatic N) is 2. The van der Waals surface area contributed by atoms with Gasteiger partial charge in [-0.25, -0.2) is 4.68 Å². The Morgan fingerprint density at radius 1 is 0.913 bits per heavy atom. The van der Waals surface area contributed by atoms with E-state index in [0.29, 0.717) is 11.3 Å². The van der Waals surface area contributed by atoms with Gasteiger partial charge >= 0.3 is 0 Å². The molecule has 23 heavy (non-hydrogen) atoms. The third kappa shape index (κ3) is 3.17. The molecule has 0 saturated carbocycles. The summed E-state index contributed by atoms with van der Waals surface area (Å²) in [6.45, 7) is -0.522. The highest BCUT2D eigenvalue weighted by Gasteiger charge is 2.24. The number of aromatic nitrogens is 2. The highest BCUT2D eigenvalue weighted by molar-refractivity contribution is 5.63. The van der Waals surface area contributed by atoms with Gasteiger partial charge in [0.25, 0.3) is 0 Å². The van der Waals surface area contributed by atoms with Crippen LogP contribution in [-0.2, 0) is 0 Å². The molecule has 0 bridgehead atoms. The zero-order valence-electron chi connectivity index (χ0n) is 12.4. The second kappa shape index (κ2) is 6.75. The molecule has 2 unspecified atom stereocenters. The van der Waals surface area contributed by atoms with E-state index in [1.807, 2.05) is 60.7 Å². The molecule has 1 aromatic heterocycles. The molecule has 2 atom stereocenters. The summed E-state index contributed by atoms with van der Waals surface area (Å²) in [7, 11) is 0. The van der Waals surface area contributed by atoms with E-state index >= 15 is 0 Å². The van der Waals surface area contributed by atoms with Crippen LogP contribution in [0.2, 0.25) is 0 Å². The van der Waals surface area contributed by atoms with Crippen molar-refractivity contribution in [3.8, 4) is 16.9 Å². The molecular formula is C18H18N2O3. The number of hydrogen-bond acceptors (Lipinski definition) is 4. The smallest absolute Gasteiger partial charge is 0.111 e. The summed E-state index contributed by atoms with van der Waals surface area (Å²) in [4.78, 5) is 0. The summed E-state index contributed by atoms with van der Waals surface area (Å²) in [5.74, 6) is 0. The number of aliphatic hydroxyl groups excluding tert-OH is 3. The molecule has 0 aliphatic heterocycles. The molecular weight excluding hydrogens is 292 g/mol. The highest BCUT2D eigenvalue weighted by Crippen LogP contribution is 2.29. The fourth-order valence-corrected chi connectivity index (χ4v) is 2.44. The molecule has 0 aliphatic rings. The van der Waals surface area contributed by atoms with Gasteiger partial charge in [0.05, 0.1) is 18.0 Å². The first-order valence-electron chi connectivity index (χ1n) is 7.38. The maximum Gasteiger partial charge on any atom is 0.111 e. The molecule has 1 heterocycles. The van der Waals surface area contributed by atoms with E-state index in [2.05, 4.69) is 5.10 Å². The van der Waals surface area contributed by atoms with Gasteiger partial charge in [-0.15, -0.1) is 0 Å². The second-order valence-corrected chi connectivity index (χ2v) is 5.27. The third-order valence-electron chi connectivity index (χ3n) is 3.68. The second-order valence-electron chi connectivity index (χ2n) is 5.27. The van der Waals surface area contributed by atoms with Crippen LogP contribution in [0, 0.1) is 0 Å². The van der Waals surface area contributed by atoms with Crippen molar-refractivity contribution in [2.45, 2.75) is 12.2 Å². The standard InChI is InChI=1S/C18H18N2O3/c21-12-16(22)18(23)15-11-20(14-9-5-2-6-10-14)19-17(15)13-7-3-1-4-8-13/h1-11,16,18,21-23H,12H2. The van der Waals surface area contributed by atoms with Crippen LogP contribution in [-0.4, -0.2) is 37.8 Å². The lowest BCUT2D eigenvalue weighted by molar-refractivity contribution is -0.0150. The van der Waals surface area contributed by atoms with Crippen LogP contribution in [0.3, 0.4) is 0 Å². The zero-order valence-corrected chi connectivity index (χ0v) is 12.4. The molecule has 0 spiro atoms. The van der Waals surface area contributed by atoms with Crippen LogP contribution in [0.15, 0.2) is 66.9 Å². The molecule has 0 aliphatic carbocycles. The Bertz CT molecular complexity index is 756. The lowest BCUT2D eigenvalue weighted by Crippen LogP contribution is -2.22. The summed E-state index contributed by atoms with van der Waals surface area (Å²) in [5.41, 5.74) is 2.74. The monoisotopic (exact) mass is 310 g/mol. The van der Waals surface area contributed by atoms with Gasteiger partial charge in [0, 0.05) is 17.3 Å². The van der Waals surface area contributed by atoms with E-state index in [9.17, 15) is 10.2 Å². The molecule has 5 nitrogen and oxygen atoms in total. The maximum atomic E-state index is 10.3. The van der Waals surface area contributed by atoms with Gasteiger partial charge in [-0.2, -0.15) is 5.10 Å². The molecule has 2 aromatic carbocycles. The largest absolute Gasteiger partial charge is 0.394 e. The van der Waals surface area contributed by atoms with Gasteiger partial charge in [0.2, 0.25) is 0 Å². The van der Waals surface area contributed by atoms with E-state index in [1.54, 1.807) is 10.9 Å². The maximum absolute atomic E-state index is 10.3. The molecule has 0 fully saturated rings. The zero-order chi connectivity index (χ0) is 16.2. The Balaban J connectivity index is 2.11. The van der Waals surface area contributed by atoms with Crippen LogP contribution in [0.1, 0.15) is 11.7 Å².